The molecule has 1 aliphatic rings. The van der Waals surface area contributed by atoms with Crippen molar-refractivity contribution >= 4 is 28.6 Å². The van der Waals surface area contributed by atoms with Crippen molar-refractivity contribution in [2.24, 2.45) is 0 Å². The molecule has 0 radical (unpaired) electrons. The number of hydrogen-bond acceptors (Lipinski definition) is 12. The van der Waals surface area contributed by atoms with E-state index in [0.29, 0.717) is 5.56 Å². The highest BCUT2D eigenvalue weighted by Gasteiger charge is 2.41. The number of hydrogen-bond donors (Lipinski definition) is 0. The Kier molecular flexibility index (Phi) is 6.87. The van der Waals surface area contributed by atoms with Crippen LogP contribution in [0.5, 0.6) is 28.7 Å². The number of fused-ring (bicyclic) bond motifs is 3. The molecule has 2 aromatic carbocycles. The summed E-state index contributed by atoms with van der Waals surface area (Å²) < 4.78 is 38.5. The van der Waals surface area contributed by atoms with E-state index in [0.717, 1.165) is 6.07 Å². The maximum atomic E-state index is 12.0. The number of nitro groups is 1. The van der Waals surface area contributed by atoms with Crippen molar-refractivity contribution in [3.63, 3.8) is 0 Å². The number of ether oxygens (including phenoxy) is 6. The minimum absolute atomic E-state index is 0.0547. The van der Waals surface area contributed by atoms with Gasteiger partial charge < -0.3 is 32.8 Å². The average molecular weight is 515 g/mol. The molecule has 2 atom stereocenters. The fourth-order valence-corrected chi connectivity index (χ4v) is 3.91. The normalized spacial score (nSPS) is 16.1. The zero-order valence-corrected chi connectivity index (χ0v) is 20.1. The van der Waals surface area contributed by atoms with E-state index >= 15 is 0 Å². The van der Waals surface area contributed by atoms with Crippen LogP contribution in [0.15, 0.2) is 39.5 Å². The van der Waals surface area contributed by atoms with Crippen LogP contribution in [0.25, 0.3) is 11.0 Å². The van der Waals surface area contributed by atoms with Gasteiger partial charge in [0.2, 0.25) is 17.2 Å². The molecular formula is C24H21NO12. The summed E-state index contributed by atoms with van der Waals surface area (Å²) in [6.45, 7) is 2.16. The number of nitro benzene ring substituents is 1. The van der Waals surface area contributed by atoms with Gasteiger partial charge in [0.15, 0.2) is 29.3 Å². The number of carbonyl (C=O) groups excluding carboxylic acids is 2. The minimum atomic E-state index is -1.02. The van der Waals surface area contributed by atoms with Crippen LogP contribution in [0.3, 0.4) is 0 Å². The highest BCUT2D eigenvalue weighted by atomic mass is 16.6. The minimum Gasteiger partial charge on any atom is -0.493 e. The maximum Gasteiger partial charge on any atom is 0.336 e. The summed E-state index contributed by atoms with van der Waals surface area (Å²) in [6, 6.07) is 6.79. The SMILES string of the molecule is COc1cc([C@H]2Oc3c(OC)c([N+](=O)[O-])c4ccc(=O)oc4c3O[C@@H]2COC(C)=O)ccc1OC(C)=O. The van der Waals surface area contributed by atoms with Crippen LogP contribution in [0, 0.1) is 10.1 Å². The van der Waals surface area contributed by atoms with Gasteiger partial charge in [-0.15, -0.1) is 0 Å². The van der Waals surface area contributed by atoms with Gasteiger partial charge in [0.05, 0.1) is 19.1 Å². The monoisotopic (exact) mass is 515 g/mol. The molecule has 0 bridgehead atoms. The van der Waals surface area contributed by atoms with E-state index in [1.807, 2.05) is 0 Å². The van der Waals surface area contributed by atoms with Crippen LogP contribution in [-0.4, -0.2) is 43.8 Å². The lowest BCUT2D eigenvalue weighted by molar-refractivity contribution is -0.384. The van der Waals surface area contributed by atoms with E-state index in [9.17, 15) is 24.5 Å². The van der Waals surface area contributed by atoms with Gasteiger partial charge in [-0.1, -0.05) is 6.07 Å². The van der Waals surface area contributed by atoms with Crippen molar-refractivity contribution in [2.45, 2.75) is 26.1 Å². The molecule has 0 amide bonds. The van der Waals surface area contributed by atoms with E-state index in [2.05, 4.69) is 0 Å². The number of nitrogens with zero attached hydrogens (tertiary/aromatic N) is 1. The summed E-state index contributed by atoms with van der Waals surface area (Å²) in [4.78, 5) is 46.2. The van der Waals surface area contributed by atoms with Crippen molar-refractivity contribution in [2.75, 3.05) is 20.8 Å². The first kappa shape index (κ1) is 25.3. The van der Waals surface area contributed by atoms with E-state index in [1.54, 1.807) is 6.07 Å². The van der Waals surface area contributed by atoms with Crippen LogP contribution >= 0.6 is 0 Å². The van der Waals surface area contributed by atoms with Crippen molar-refractivity contribution in [3.05, 3.63) is 56.4 Å². The fourth-order valence-electron chi connectivity index (χ4n) is 3.91. The lowest BCUT2D eigenvalue weighted by atomic mass is 10.0. The van der Waals surface area contributed by atoms with Gasteiger partial charge in [-0.3, -0.25) is 19.7 Å². The third-order valence-electron chi connectivity index (χ3n) is 5.38. The van der Waals surface area contributed by atoms with Crippen molar-refractivity contribution < 1.29 is 47.4 Å². The molecule has 1 aromatic heterocycles. The van der Waals surface area contributed by atoms with Crippen LogP contribution < -0.4 is 29.3 Å². The van der Waals surface area contributed by atoms with E-state index in [-0.39, 0.29) is 46.3 Å². The highest BCUT2D eigenvalue weighted by Crippen LogP contribution is 2.54. The van der Waals surface area contributed by atoms with Gasteiger partial charge in [0.1, 0.15) is 12.0 Å². The van der Waals surface area contributed by atoms with E-state index < -0.39 is 40.4 Å². The van der Waals surface area contributed by atoms with Crippen LogP contribution in [0.2, 0.25) is 0 Å². The number of methoxy groups -OCH3 is 2. The fraction of sp³-hybridized carbons (Fsp3) is 0.292. The lowest BCUT2D eigenvalue weighted by Crippen LogP contribution is -2.37. The number of carbonyl (C=O) groups is 2. The Hall–Kier alpha value is -4.81. The van der Waals surface area contributed by atoms with Gasteiger partial charge in [0, 0.05) is 25.5 Å². The van der Waals surface area contributed by atoms with Crippen molar-refractivity contribution in [3.8, 4) is 28.7 Å². The molecule has 1 aliphatic heterocycles. The van der Waals surface area contributed by atoms with E-state index in [4.69, 9.17) is 32.8 Å². The zero-order chi connectivity index (χ0) is 26.9. The Morgan fingerprint density at radius 1 is 1.00 bits per heavy atom. The largest absolute Gasteiger partial charge is 0.493 e. The Bertz CT molecular complexity index is 1460. The molecule has 13 nitrogen and oxygen atoms in total. The van der Waals surface area contributed by atoms with Crippen molar-refractivity contribution in [1.82, 2.24) is 0 Å². The summed E-state index contributed by atoms with van der Waals surface area (Å²) in [7, 11) is 2.59. The highest BCUT2D eigenvalue weighted by molar-refractivity contribution is 5.97. The first-order valence-electron chi connectivity index (χ1n) is 10.8. The predicted octanol–water partition coefficient (Wildman–Crippen LogP) is 3.09. The van der Waals surface area contributed by atoms with Crippen LogP contribution in [0.1, 0.15) is 25.5 Å². The molecular weight excluding hydrogens is 494 g/mol. The van der Waals surface area contributed by atoms with Crippen LogP contribution in [0.4, 0.5) is 5.69 Å². The third-order valence-corrected chi connectivity index (χ3v) is 5.38. The van der Waals surface area contributed by atoms with Gasteiger partial charge >= 0.3 is 23.3 Å². The van der Waals surface area contributed by atoms with Gasteiger partial charge in [-0.05, 0) is 18.2 Å². The molecule has 3 aromatic rings. The molecule has 194 valence electrons. The molecule has 0 unspecified atom stereocenters. The Morgan fingerprint density at radius 3 is 2.38 bits per heavy atom. The second-order valence-electron chi connectivity index (χ2n) is 7.80. The zero-order valence-electron chi connectivity index (χ0n) is 20.1. The second kappa shape index (κ2) is 10.0. The third kappa shape index (κ3) is 4.83. The molecule has 0 N–H and O–H groups in total. The average Bonchev–Trinajstić information content (AvgIpc) is 2.85. The summed E-state index contributed by atoms with van der Waals surface area (Å²) in [5, 5.41) is 11.9. The number of benzene rings is 2. The molecule has 0 fully saturated rings. The van der Waals surface area contributed by atoms with Gasteiger partial charge in [-0.2, -0.15) is 0 Å². The maximum absolute atomic E-state index is 12.0. The van der Waals surface area contributed by atoms with Gasteiger partial charge in [-0.25, -0.2) is 4.79 Å². The number of rotatable bonds is 7. The molecule has 13 heteroatoms. The van der Waals surface area contributed by atoms with Crippen molar-refractivity contribution in [1.29, 1.82) is 0 Å². The predicted molar refractivity (Wildman–Crippen MR) is 124 cm³/mol. The van der Waals surface area contributed by atoms with E-state index in [1.165, 1.54) is 46.3 Å². The molecule has 0 saturated carbocycles. The van der Waals surface area contributed by atoms with Gasteiger partial charge in [0.25, 0.3) is 0 Å². The molecule has 37 heavy (non-hydrogen) atoms. The Balaban J connectivity index is 1.92. The molecule has 0 spiro atoms. The smallest absolute Gasteiger partial charge is 0.336 e. The summed E-state index contributed by atoms with van der Waals surface area (Å²) >= 11 is 0. The quantitative estimate of drug-likeness (QED) is 0.149. The summed E-state index contributed by atoms with van der Waals surface area (Å²) in [5.74, 6) is -1.40. The standard InChI is InChI=1S/C24H21NO12/c1-11(26)33-10-17-20(13-5-7-15(34-12(2)27)16(9-13)31-3)37-24-22(32-4)19(25(29)30)14-6-8-18(28)36-21(14)23(24)35-17/h5-9,17,20H,10H2,1-4H3/t17-,20-/m1/s1. The molecule has 0 saturated heterocycles. The topological polar surface area (TPSA) is 163 Å². The first-order valence-corrected chi connectivity index (χ1v) is 10.8. The number of esters is 2. The summed E-state index contributed by atoms with van der Waals surface area (Å²) in [5.41, 5.74) is -1.08. The van der Waals surface area contributed by atoms with Crippen LogP contribution in [-0.2, 0) is 14.3 Å². The molecule has 0 aliphatic carbocycles. The molecule has 4 rings (SSSR count). The Labute approximate surface area is 208 Å². The molecule has 2 heterocycles. The first-order chi connectivity index (χ1) is 17.6. The second-order valence-corrected chi connectivity index (χ2v) is 7.80. The Morgan fingerprint density at radius 2 is 1.76 bits per heavy atom. The summed E-state index contributed by atoms with van der Waals surface area (Å²) in [6.07, 6.45) is -2.02. The lowest BCUT2D eigenvalue weighted by Gasteiger charge is -2.34.